The second-order valence-electron chi connectivity index (χ2n) is 5.33. The van der Waals surface area contributed by atoms with Gasteiger partial charge in [-0.2, -0.15) is 0 Å². The SMILES string of the molecule is CCN1CCN(CCCCCCCN)CC1C. The zero-order valence-corrected chi connectivity index (χ0v) is 11.8. The van der Waals surface area contributed by atoms with Gasteiger partial charge in [-0.25, -0.2) is 0 Å². The van der Waals surface area contributed by atoms with E-state index >= 15 is 0 Å². The minimum atomic E-state index is 0.742. The molecule has 0 amide bonds. The molecule has 0 bridgehead atoms. The summed E-state index contributed by atoms with van der Waals surface area (Å²) in [5.41, 5.74) is 5.49. The van der Waals surface area contributed by atoms with Crippen LogP contribution in [0.25, 0.3) is 0 Å². The smallest absolute Gasteiger partial charge is 0.0195 e. The second kappa shape index (κ2) is 8.90. The lowest BCUT2D eigenvalue weighted by Crippen LogP contribution is -2.51. The molecule has 2 N–H and O–H groups in total. The van der Waals surface area contributed by atoms with E-state index in [4.69, 9.17) is 5.73 Å². The summed E-state index contributed by atoms with van der Waals surface area (Å²) in [6, 6.07) is 0.742. The predicted molar refractivity (Wildman–Crippen MR) is 75.3 cm³/mol. The molecule has 1 aliphatic heterocycles. The van der Waals surface area contributed by atoms with Crippen molar-refractivity contribution in [3.63, 3.8) is 0 Å². The van der Waals surface area contributed by atoms with Crippen molar-refractivity contribution in [3.05, 3.63) is 0 Å². The van der Waals surface area contributed by atoms with E-state index in [0.29, 0.717) is 0 Å². The number of unbranched alkanes of at least 4 members (excludes halogenated alkanes) is 4. The third-order valence-electron chi connectivity index (χ3n) is 3.93. The van der Waals surface area contributed by atoms with Gasteiger partial charge in [0.15, 0.2) is 0 Å². The van der Waals surface area contributed by atoms with Crippen LogP contribution in [0.3, 0.4) is 0 Å². The minimum absolute atomic E-state index is 0.742. The first-order chi connectivity index (χ1) is 8.27. The van der Waals surface area contributed by atoms with E-state index in [1.165, 1.54) is 64.8 Å². The molecule has 3 heteroatoms. The zero-order valence-electron chi connectivity index (χ0n) is 11.8. The average Bonchev–Trinajstić information content (AvgIpc) is 2.34. The van der Waals surface area contributed by atoms with Crippen LogP contribution in [-0.4, -0.2) is 55.1 Å². The Hall–Kier alpha value is -0.120. The summed E-state index contributed by atoms with van der Waals surface area (Å²) < 4.78 is 0. The topological polar surface area (TPSA) is 32.5 Å². The molecule has 3 nitrogen and oxygen atoms in total. The Labute approximate surface area is 107 Å². The third kappa shape index (κ3) is 5.84. The Morgan fingerprint density at radius 2 is 1.76 bits per heavy atom. The Bertz CT molecular complexity index is 184. The van der Waals surface area contributed by atoms with Gasteiger partial charge in [-0.15, -0.1) is 0 Å². The van der Waals surface area contributed by atoms with Crippen LogP contribution >= 0.6 is 0 Å². The van der Waals surface area contributed by atoms with Gasteiger partial charge >= 0.3 is 0 Å². The second-order valence-corrected chi connectivity index (χ2v) is 5.33. The normalized spacial score (nSPS) is 23.1. The summed E-state index contributed by atoms with van der Waals surface area (Å²) in [7, 11) is 0. The summed E-state index contributed by atoms with van der Waals surface area (Å²) in [5.74, 6) is 0. The highest BCUT2D eigenvalue weighted by molar-refractivity contribution is 4.77. The van der Waals surface area contributed by atoms with Crippen molar-refractivity contribution in [2.45, 2.75) is 52.0 Å². The molecule has 0 aliphatic carbocycles. The molecule has 0 aromatic rings. The molecule has 0 radical (unpaired) electrons. The molecular weight excluding hydrogens is 210 g/mol. The van der Waals surface area contributed by atoms with Crippen molar-refractivity contribution in [1.82, 2.24) is 9.80 Å². The maximum absolute atomic E-state index is 5.49. The first-order valence-corrected chi connectivity index (χ1v) is 7.44. The highest BCUT2D eigenvalue weighted by Crippen LogP contribution is 2.10. The van der Waals surface area contributed by atoms with Crippen LogP contribution in [0, 0.1) is 0 Å². The maximum Gasteiger partial charge on any atom is 0.0195 e. The Balaban J connectivity index is 2.01. The lowest BCUT2D eigenvalue weighted by molar-refractivity contribution is 0.0869. The maximum atomic E-state index is 5.49. The van der Waals surface area contributed by atoms with E-state index in [9.17, 15) is 0 Å². The summed E-state index contributed by atoms with van der Waals surface area (Å²) in [6.45, 7) is 11.8. The molecule has 0 aromatic heterocycles. The molecule has 1 saturated heterocycles. The number of nitrogens with zero attached hydrogens (tertiary/aromatic N) is 2. The number of nitrogens with two attached hydrogens (primary N) is 1. The van der Waals surface area contributed by atoms with Crippen LogP contribution in [0.4, 0.5) is 0 Å². The fourth-order valence-corrected chi connectivity index (χ4v) is 2.75. The lowest BCUT2D eigenvalue weighted by atomic mass is 10.1. The summed E-state index contributed by atoms with van der Waals surface area (Å²) in [4.78, 5) is 5.22. The van der Waals surface area contributed by atoms with Crippen molar-refractivity contribution >= 4 is 0 Å². The van der Waals surface area contributed by atoms with Gasteiger partial charge in [0, 0.05) is 25.7 Å². The molecule has 102 valence electrons. The van der Waals surface area contributed by atoms with E-state index in [0.717, 1.165) is 12.6 Å². The number of piperazine rings is 1. The van der Waals surface area contributed by atoms with E-state index in [2.05, 4.69) is 23.6 Å². The Kier molecular flexibility index (Phi) is 7.82. The van der Waals surface area contributed by atoms with Crippen LogP contribution in [-0.2, 0) is 0 Å². The van der Waals surface area contributed by atoms with Crippen molar-refractivity contribution in [3.8, 4) is 0 Å². The number of rotatable bonds is 8. The van der Waals surface area contributed by atoms with Crippen molar-refractivity contribution < 1.29 is 0 Å². The molecule has 1 fully saturated rings. The largest absolute Gasteiger partial charge is 0.330 e. The van der Waals surface area contributed by atoms with Gasteiger partial charge in [-0.3, -0.25) is 4.90 Å². The molecule has 17 heavy (non-hydrogen) atoms. The molecule has 1 rings (SSSR count). The molecule has 0 aromatic carbocycles. The lowest BCUT2D eigenvalue weighted by Gasteiger charge is -2.39. The van der Waals surface area contributed by atoms with Crippen molar-refractivity contribution in [2.75, 3.05) is 39.3 Å². The summed E-state index contributed by atoms with van der Waals surface area (Å²) >= 11 is 0. The Morgan fingerprint density at radius 3 is 2.41 bits per heavy atom. The number of likely N-dealkylation sites (N-methyl/N-ethyl adjacent to an activating group) is 1. The minimum Gasteiger partial charge on any atom is -0.330 e. The van der Waals surface area contributed by atoms with Crippen molar-refractivity contribution in [2.24, 2.45) is 5.73 Å². The van der Waals surface area contributed by atoms with E-state index in [1.54, 1.807) is 0 Å². The number of hydrogen-bond acceptors (Lipinski definition) is 3. The van der Waals surface area contributed by atoms with Crippen molar-refractivity contribution in [1.29, 1.82) is 0 Å². The predicted octanol–water partition coefficient (Wildman–Crippen LogP) is 1.92. The molecular formula is C14H31N3. The van der Waals surface area contributed by atoms with Gasteiger partial charge in [0.1, 0.15) is 0 Å². The average molecular weight is 241 g/mol. The number of hydrogen-bond donors (Lipinski definition) is 1. The summed E-state index contributed by atoms with van der Waals surface area (Å²) in [6.07, 6.45) is 6.62. The third-order valence-corrected chi connectivity index (χ3v) is 3.93. The van der Waals surface area contributed by atoms with Crippen LogP contribution in [0.1, 0.15) is 46.0 Å². The molecule has 0 saturated carbocycles. The monoisotopic (exact) mass is 241 g/mol. The van der Waals surface area contributed by atoms with E-state index in [-0.39, 0.29) is 0 Å². The highest BCUT2D eigenvalue weighted by Gasteiger charge is 2.21. The summed E-state index contributed by atoms with van der Waals surface area (Å²) in [5, 5.41) is 0. The Morgan fingerprint density at radius 1 is 1.06 bits per heavy atom. The molecule has 1 heterocycles. The standard InChI is InChI=1S/C14H31N3/c1-3-17-12-11-16(13-14(17)2)10-8-6-4-5-7-9-15/h14H,3-13,15H2,1-2H3. The van der Waals surface area contributed by atoms with Crippen LogP contribution < -0.4 is 5.73 Å². The van der Waals surface area contributed by atoms with Gasteiger partial charge in [0.2, 0.25) is 0 Å². The van der Waals surface area contributed by atoms with Crippen LogP contribution in [0.15, 0.2) is 0 Å². The van der Waals surface area contributed by atoms with Crippen LogP contribution in [0.2, 0.25) is 0 Å². The zero-order chi connectivity index (χ0) is 12.5. The fraction of sp³-hybridized carbons (Fsp3) is 1.00. The van der Waals surface area contributed by atoms with Gasteiger partial charge in [-0.05, 0) is 39.4 Å². The molecule has 0 spiro atoms. The molecule has 1 aliphatic rings. The first kappa shape index (κ1) is 14.9. The molecule has 1 unspecified atom stereocenters. The van der Waals surface area contributed by atoms with Gasteiger partial charge in [0.05, 0.1) is 0 Å². The highest BCUT2D eigenvalue weighted by atomic mass is 15.3. The van der Waals surface area contributed by atoms with Crippen LogP contribution in [0.5, 0.6) is 0 Å². The van der Waals surface area contributed by atoms with E-state index < -0.39 is 0 Å². The van der Waals surface area contributed by atoms with Gasteiger partial charge in [0.25, 0.3) is 0 Å². The first-order valence-electron chi connectivity index (χ1n) is 7.44. The quantitative estimate of drug-likeness (QED) is 0.659. The molecule has 1 atom stereocenters. The van der Waals surface area contributed by atoms with E-state index in [1.807, 2.05) is 0 Å². The van der Waals surface area contributed by atoms with Gasteiger partial charge in [-0.1, -0.05) is 26.2 Å². The van der Waals surface area contributed by atoms with Gasteiger partial charge < -0.3 is 10.6 Å². The fourth-order valence-electron chi connectivity index (χ4n) is 2.75.